The van der Waals surface area contributed by atoms with Gasteiger partial charge in [0.2, 0.25) is 0 Å². The van der Waals surface area contributed by atoms with Gasteiger partial charge in [-0.2, -0.15) is 0 Å². The molecule has 3 N–H and O–H groups in total. The molecule has 1 saturated heterocycles. The first kappa shape index (κ1) is 22.7. The highest BCUT2D eigenvalue weighted by molar-refractivity contribution is 14.0. The van der Waals surface area contributed by atoms with Crippen LogP contribution in [0.4, 0.5) is 5.69 Å². The normalized spacial score (nSPS) is 18.1. The highest BCUT2D eigenvalue weighted by Gasteiger charge is 2.20. The van der Waals surface area contributed by atoms with Crippen LogP contribution in [0.5, 0.6) is 11.5 Å². The van der Waals surface area contributed by atoms with E-state index in [0.717, 1.165) is 56.1 Å². The zero-order valence-electron chi connectivity index (χ0n) is 17.1. The summed E-state index contributed by atoms with van der Waals surface area (Å²) in [5.74, 6) is 2.51. The van der Waals surface area contributed by atoms with E-state index in [-0.39, 0.29) is 30.0 Å². The smallest absolute Gasteiger partial charge is 0.193 e. The van der Waals surface area contributed by atoms with Gasteiger partial charge in [-0.15, -0.1) is 24.0 Å². The van der Waals surface area contributed by atoms with E-state index in [1.54, 1.807) is 0 Å². The van der Waals surface area contributed by atoms with Crippen LogP contribution < -0.4 is 20.5 Å². The monoisotopic (exact) mass is 523 g/mol. The molecule has 1 unspecified atom stereocenters. The van der Waals surface area contributed by atoms with Gasteiger partial charge in [-0.3, -0.25) is 0 Å². The average Bonchev–Trinajstić information content (AvgIpc) is 3.00. The van der Waals surface area contributed by atoms with E-state index >= 15 is 0 Å². The van der Waals surface area contributed by atoms with E-state index in [9.17, 15) is 0 Å². The third-order valence-electron chi connectivity index (χ3n) is 5.40. The maximum atomic E-state index is 6.30. The Morgan fingerprint density at radius 2 is 1.73 bits per heavy atom. The molecule has 1 atom stereocenters. The Kier molecular flexibility index (Phi) is 8.62. The summed E-state index contributed by atoms with van der Waals surface area (Å²) in [6, 6.07) is 16.1. The van der Waals surface area contributed by atoms with Crippen molar-refractivity contribution in [2.45, 2.75) is 31.7 Å². The van der Waals surface area contributed by atoms with Crippen molar-refractivity contribution in [2.75, 3.05) is 31.7 Å². The lowest BCUT2D eigenvalue weighted by molar-refractivity contribution is 0.0619. The fourth-order valence-electron chi connectivity index (χ4n) is 3.83. The molecule has 0 aliphatic carbocycles. The number of nitrogens with two attached hydrogens (primary N) is 1. The Morgan fingerprint density at radius 1 is 1.00 bits per heavy atom. The molecule has 2 aliphatic heterocycles. The van der Waals surface area contributed by atoms with Gasteiger partial charge < -0.3 is 25.3 Å². The zero-order chi connectivity index (χ0) is 19.9. The van der Waals surface area contributed by atoms with Crippen LogP contribution in [0, 0.1) is 5.92 Å². The highest BCUT2D eigenvalue weighted by atomic mass is 127. The van der Waals surface area contributed by atoms with E-state index in [1.165, 1.54) is 5.56 Å². The summed E-state index contributed by atoms with van der Waals surface area (Å²) in [6.45, 7) is 3.00. The number of hydrogen-bond acceptors (Lipinski definition) is 4. The minimum atomic E-state index is 0. The van der Waals surface area contributed by atoms with E-state index in [4.69, 9.17) is 24.9 Å². The van der Waals surface area contributed by atoms with E-state index < -0.39 is 0 Å². The number of anilines is 1. The van der Waals surface area contributed by atoms with Gasteiger partial charge in [-0.05, 0) is 42.9 Å². The van der Waals surface area contributed by atoms with Crippen molar-refractivity contribution in [2.24, 2.45) is 16.6 Å². The molecule has 0 radical (unpaired) electrons. The second kappa shape index (κ2) is 11.4. The topological polar surface area (TPSA) is 78.1 Å². The first-order valence-corrected chi connectivity index (χ1v) is 10.4. The Labute approximate surface area is 195 Å². The van der Waals surface area contributed by atoms with Crippen LogP contribution in [-0.2, 0) is 4.74 Å². The SMILES string of the molecule is I.NC(=NC(CC1CCOCC1)c1ccccc1)Nc1ccc2c(c1)OCCCO2. The molecule has 162 valence electrons. The molecule has 2 aromatic carbocycles. The number of nitrogens with zero attached hydrogens (tertiary/aromatic N) is 1. The lowest BCUT2D eigenvalue weighted by atomic mass is 9.90. The molecule has 0 amide bonds. The summed E-state index contributed by atoms with van der Waals surface area (Å²) in [4.78, 5) is 4.84. The predicted molar refractivity (Wildman–Crippen MR) is 130 cm³/mol. The van der Waals surface area contributed by atoms with Crippen molar-refractivity contribution in [3.05, 3.63) is 54.1 Å². The molecule has 0 saturated carbocycles. The second-order valence-electron chi connectivity index (χ2n) is 7.57. The Balaban J connectivity index is 0.00000256. The second-order valence-corrected chi connectivity index (χ2v) is 7.57. The van der Waals surface area contributed by atoms with Crippen LogP contribution in [0.2, 0.25) is 0 Å². The van der Waals surface area contributed by atoms with Crippen LogP contribution in [0.1, 0.15) is 37.3 Å². The summed E-state index contributed by atoms with van der Waals surface area (Å²) >= 11 is 0. The van der Waals surface area contributed by atoms with Crippen molar-refractivity contribution in [1.29, 1.82) is 0 Å². The number of hydrogen-bond donors (Lipinski definition) is 2. The molecule has 2 heterocycles. The van der Waals surface area contributed by atoms with Gasteiger partial charge in [0.05, 0.1) is 19.3 Å². The summed E-state index contributed by atoms with van der Waals surface area (Å²) in [7, 11) is 0. The van der Waals surface area contributed by atoms with E-state index in [0.29, 0.717) is 25.1 Å². The average molecular weight is 523 g/mol. The van der Waals surface area contributed by atoms with Crippen LogP contribution >= 0.6 is 24.0 Å². The van der Waals surface area contributed by atoms with E-state index in [2.05, 4.69) is 29.6 Å². The largest absolute Gasteiger partial charge is 0.490 e. The van der Waals surface area contributed by atoms with Crippen molar-refractivity contribution in [3.63, 3.8) is 0 Å². The number of benzene rings is 2. The molecular weight excluding hydrogens is 493 g/mol. The maximum Gasteiger partial charge on any atom is 0.193 e. The van der Waals surface area contributed by atoms with Gasteiger partial charge >= 0.3 is 0 Å². The molecule has 0 aromatic heterocycles. The third kappa shape index (κ3) is 6.25. The Bertz CT molecular complexity index is 826. The van der Waals surface area contributed by atoms with Gasteiger partial charge in [0.25, 0.3) is 0 Å². The van der Waals surface area contributed by atoms with Crippen molar-refractivity contribution >= 4 is 35.6 Å². The molecular formula is C23H30IN3O3. The van der Waals surface area contributed by atoms with Crippen molar-refractivity contribution < 1.29 is 14.2 Å². The summed E-state index contributed by atoms with van der Waals surface area (Å²) in [5.41, 5.74) is 8.32. The molecule has 2 aromatic rings. The van der Waals surface area contributed by atoms with Crippen LogP contribution in [0.15, 0.2) is 53.5 Å². The summed E-state index contributed by atoms with van der Waals surface area (Å²) < 4.78 is 17.0. The van der Waals surface area contributed by atoms with Gasteiger partial charge in [0, 0.05) is 31.4 Å². The third-order valence-corrected chi connectivity index (χ3v) is 5.40. The van der Waals surface area contributed by atoms with Crippen LogP contribution in [-0.4, -0.2) is 32.4 Å². The van der Waals surface area contributed by atoms with Gasteiger partial charge in [0.15, 0.2) is 17.5 Å². The minimum Gasteiger partial charge on any atom is -0.490 e. The van der Waals surface area contributed by atoms with Gasteiger partial charge in [-0.25, -0.2) is 4.99 Å². The maximum absolute atomic E-state index is 6.30. The van der Waals surface area contributed by atoms with Gasteiger partial charge in [-0.1, -0.05) is 30.3 Å². The Hall–Kier alpha value is -2.00. The Morgan fingerprint density at radius 3 is 2.50 bits per heavy atom. The number of aliphatic imine (C=N–C) groups is 1. The lowest BCUT2D eigenvalue weighted by Crippen LogP contribution is -2.25. The van der Waals surface area contributed by atoms with Crippen LogP contribution in [0.25, 0.3) is 0 Å². The molecule has 30 heavy (non-hydrogen) atoms. The fourth-order valence-corrected chi connectivity index (χ4v) is 3.83. The number of guanidine groups is 1. The number of nitrogens with one attached hydrogen (secondary N) is 1. The molecule has 4 rings (SSSR count). The van der Waals surface area contributed by atoms with E-state index in [1.807, 2.05) is 24.3 Å². The first-order chi connectivity index (χ1) is 14.3. The summed E-state index contributed by atoms with van der Waals surface area (Å²) in [6.07, 6.45) is 4.01. The number of ether oxygens (including phenoxy) is 3. The lowest BCUT2D eigenvalue weighted by Gasteiger charge is -2.25. The van der Waals surface area contributed by atoms with Crippen LogP contribution in [0.3, 0.4) is 0 Å². The predicted octanol–water partition coefficient (Wildman–Crippen LogP) is 4.75. The molecule has 1 fully saturated rings. The summed E-state index contributed by atoms with van der Waals surface area (Å²) in [5, 5.41) is 3.22. The standard InChI is InChI=1S/C23H29N3O3.HI/c24-23(25-19-7-8-21-22(16-19)29-12-4-11-28-21)26-20(18-5-2-1-3-6-18)15-17-9-13-27-14-10-17;/h1-3,5-8,16-17,20H,4,9-15H2,(H3,24,25,26);1H. The number of rotatable bonds is 5. The molecule has 0 spiro atoms. The molecule has 2 aliphatic rings. The van der Waals surface area contributed by atoms with Gasteiger partial charge in [0.1, 0.15) is 0 Å². The molecule has 6 nitrogen and oxygen atoms in total. The number of fused-ring (bicyclic) bond motifs is 1. The fraction of sp³-hybridized carbons (Fsp3) is 0.435. The quantitative estimate of drug-likeness (QED) is 0.336. The molecule has 7 heteroatoms. The van der Waals surface area contributed by atoms with Crippen molar-refractivity contribution in [1.82, 2.24) is 0 Å². The zero-order valence-corrected chi connectivity index (χ0v) is 19.4. The van der Waals surface area contributed by atoms with Crippen molar-refractivity contribution in [3.8, 4) is 11.5 Å². The minimum absolute atomic E-state index is 0. The number of halogens is 1. The highest BCUT2D eigenvalue weighted by Crippen LogP contribution is 2.33. The first-order valence-electron chi connectivity index (χ1n) is 10.4. The molecule has 0 bridgehead atoms.